The Morgan fingerprint density at radius 1 is 1.58 bits per heavy atom. The molecule has 0 aromatic carbocycles. The third-order valence-electron chi connectivity index (χ3n) is 2.07. The van der Waals surface area contributed by atoms with Crippen LogP contribution in [-0.4, -0.2) is 34.9 Å². The smallest absolute Gasteiger partial charge is 0.145 e. The zero-order chi connectivity index (χ0) is 9.30. The Labute approximate surface area is 71.1 Å². The summed E-state index contributed by atoms with van der Waals surface area (Å²) >= 11 is 0. The Bertz CT molecular complexity index is 212. The van der Waals surface area contributed by atoms with Gasteiger partial charge < -0.3 is 5.21 Å². The minimum absolute atomic E-state index is 0.00894. The quantitative estimate of drug-likeness (QED) is 0.486. The molecule has 68 valence electrons. The average Bonchev–Trinajstić information content (AvgIpc) is 2.61. The van der Waals surface area contributed by atoms with E-state index >= 15 is 0 Å². The van der Waals surface area contributed by atoms with Crippen LogP contribution in [0.25, 0.3) is 0 Å². The molecule has 2 atom stereocenters. The van der Waals surface area contributed by atoms with Crippen molar-refractivity contribution in [2.45, 2.75) is 25.8 Å². The van der Waals surface area contributed by atoms with Crippen molar-refractivity contribution in [3.05, 3.63) is 0 Å². The summed E-state index contributed by atoms with van der Waals surface area (Å²) in [5.41, 5.74) is 0. The van der Waals surface area contributed by atoms with E-state index in [2.05, 4.69) is 0 Å². The van der Waals surface area contributed by atoms with Gasteiger partial charge in [0, 0.05) is 19.0 Å². The Balaban J connectivity index is 2.33. The number of carbonyl (C=O) groups is 2. The molecule has 1 aliphatic rings. The van der Waals surface area contributed by atoms with Crippen LogP contribution in [0.5, 0.6) is 0 Å². The Morgan fingerprint density at radius 3 is 2.50 bits per heavy atom. The maximum absolute atomic E-state index is 11.2. The van der Waals surface area contributed by atoms with Gasteiger partial charge >= 0.3 is 0 Å². The van der Waals surface area contributed by atoms with Crippen LogP contribution < -0.4 is 0 Å². The maximum atomic E-state index is 11.2. The highest BCUT2D eigenvalue weighted by Gasteiger charge is 2.45. The van der Waals surface area contributed by atoms with E-state index in [1.807, 2.05) is 0 Å². The Kier molecular flexibility index (Phi) is 2.59. The molecule has 0 heterocycles. The number of Topliss-reactive ketones (excluding diaryl/α,β-unsaturated/α-hetero) is 2. The van der Waals surface area contributed by atoms with Gasteiger partial charge in [-0.05, 0) is 13.3 Å². The predicted molar refractivity (Wildman–Crippen MR) is 41.7 cm³/mol. The van der Waals surface area contributed by atoms with Gasteiger partial charge in [-0.15, -0.1) is 0 Å². The summed E-state index contributed by atoms with van der Waals surface area (Å²) in [5, 5.41) is 9.99. The molecule has 2 unspecified atom stereocenters. The highest BCUT2D eigenvalue weighted by atomic mass is 16.5. The molecule has 0 amide bonds. The van der Waals surface area contributed by atoms with Crippen molar-refractivity contribution in [2.24, 2.45) is 5.92 Å². The summed E-state index contributed by atoms with van der Waals surface area (Å²) in [7, 11) is 1.52. The van der Waals surface area contributed by atoms with E-state index < -0.39 is 0 Å². The number of rotatable bonds is 4. The standard InChI is InChI=1S/C8H13NO3/c1-5(10)3-8(11)6-4-7(6)9(2)12/h6-7,12H,3-4H2,1-2H3. The van der Waals surface area contributed by atoms with Crippen molar-refractivity contribution in [2.75, 3.05) is 7.05 Å². The molecular formula is C8H13NO3. The summed E-state index contributed by atoms with van der Waals surface area (Å²) in [4.78, 5) is 21.7. The van der Waals surface area contributed by atoms with Crippen molar-refractivity contribution in [1.82, 2.24) is 5.06 Å². The van der Waals surface area contributed by atoms with Gasteiger partial charge in [-0.25, -0.2) is 0 Å². The molecule has 12 heavy (non-hydrogen) atoms. The molecule has 0 bridgehead atoms. The highest BCUT2D eigenvalue weighted by Crippen LogP contribution is 2.35. The molecule has 0 aromatic rings. The zero-order valence-electron chi connectivity index (χ0n) is 7.28. The summed E-state index contributed by atoms with van der Waals surface area (Å²) in [6.07, 6.45) is 0.689. The van der Waals surface area contributed by atoms with E-state index in [0.717, 1.165) is 5.06 Å². The van der Waals surface area contributed by atoms with Gasteiger partial charge in [0.05, 0.1) is 6.42 Å². The van der Waals surface area contributed by atoms with E-state index in [-0.39, 0.29) is 29.9 Å². The van der Waals surface area contributed by atoms with Crippen molar-refractivity contribution in [1.29, 1.82) is 0 Å². The zero-order valence-corrected chi connectivity index (χ0v) is 7.28. The average molecular weight is 171 g/mol. The van der Waals surface area contributed by atoms with Crippen molar-refractivity contribution in [3.8, 4) is 0 Å². The molecule has 0 aliphatic heterocycles. The normalized spacial score (nSPS) is 27.3. The second kappa shape index (κ2) is 3.33. The summed E-state index contributed by atoms with van der Waals surface area (Å²) in [5.74, 6) is -0.274. The SMILES string of the molecule is CC(=O)CC(=O)C1CC1N(C)O. The van der Waals surface area contributed by atoms with Crippen LogP contribution in [0.4, 0.5) is 0 Å². The van der Waals surface area contributed by atoms with Gasteiger partial charge in [0.2, 0.25) is 0 Å². The van der Waals surface area contributed by atoms with Crippen LogP contribution in [0.3, 0.4) is 0 Å². The molecule has 0 aromatic heterocycles. The van der Waals surface area contributed by atoms with Crippen LogP contribution in [0.15, 0.2) is 0 Å². The molecule has 0 saturated heterocycles. The second-order valence-corrected chi connectivity index (χ2v) is 3.33. The van der Waals surface area contributed by atoms with Crippen molar-refractivity contribution >= 4 is 11.6 Å². The fourth-order valence-corrected chi connectivity index (χ4v) is 1.32. The van der Waals surface area contributed by atoms with Gasteiger partial charge in [-0.3, -0.25) is 9.59 Å². The fraction of sp³-hybridized carbons (Fsp3) is 0.750. The minimum Gasteiger partial charge on any atom is -0.314 e. The van der Waals surface area contributed by atoms with Crippen LogP contribution in [0.2, 0.25) is 0 Å². The number of hydrogen-bond acceptors (Lipinski definition) is 4. The van der Waals surface area contributed by atoms with E-state index in [1.54, 1.807) is 0 Å². The van der Waals surface area contributed by atoms with Crippen LogP contribution >= 0.6 is 0 Å². The number of hydrogen-bond donors (Lipinski definition) is 1. The first-order valence-electron chi connectivity index (χ1n) is 3.96. The molecule has 1 fully saturated rings. The van der Waals surface area contributed by atoms with Crippen LogP contribution in [-0.2, 0) is 9.59 Å². The first-order chi connectivity index (χ1) is 5.52. The van der Waals surface area contributed by atoms with Gasteiger partial charge in [-0.1, -0.05) is 0 Å². The molecule has 4 heteroatoms. The van der Waals surface area contributed by atoms with Crippen molar-refractivity contribution in [3.63, 3.8) is 0 Å². The molecule has 1 aliphatic carbocycles. The third kappa shape index (κ3) is 2.12. The monoisotopic (exact) mass is 171 g/mol. The summed E-state index contributed by atoms with van der Waals surface area (Å²) in [6, 6.07) is -0.0585. The van der Waals surface area contributed by atoms with Crippen LogP contribution in [0.1, 0.15) is 19.8 Å². The molecule has 0 radical (unpaired) electrons. The first-order valence-corrected chi connectivity index (χ1v) is 3.96. The lowest BCUT2D eigenvalue weighted by Crippen LogP contribution is -2.20. The Hall–Kier alpha value is -0.740. The molecule has 1 saturated carbocycles. The minimum atomic E-state index is -0.121. The number of hydroxylamine groups is 2. The lowest BCUT2D eigenvalue weighted by molar-refractivity contribution is -0.128. The second-order valence-electron chi connectivity index (χ2n) is 3.33. The van der Waals surface area contributed by atoms with E-state index in [9.17, 15) is 9.59 Å². The molecular weight excluding hydrogens is 158 g/mol. The largest absolute Gasteiger partial charge is 0.314 e. The van der Waals surface area contributed by atoms with Gasteiger partial charge in [0.25, 0.3) is 0 Å². The maximum Gasteiger partial charge on any atom is 0.145 e. The lowest BCUT2D eigenvalue weighted by Gasteiger charge is -2.05. The molecule has 1 N–H and O–H groups in total. The number of ketones is 2. The molecule has 1 rings (SSSR count). The van der Waals surface area contributed by atoms with E-state index in [4.69, 9.17) is 5.21 Å². The highest BCUT2D eigenvalue weighted by molar-refractivity contribution is 6.00. The van der Waals surface area contributed by atoms with E-state index in [1.165, 1.54) is 14.0 Å². The predicted octanol–water partition coefficient (Wildman–Crippen LogP) is 0.244. The number of nitrogens with zero attached hydrogens (tertiary/aromatic N) is 1. The summed E-state index contributed by atoms with van der Waals surface area (Å²) in [6.45, 7) is 1.40. The lowest BCUT2D eigenvalue weighted by atomic mass is 10.1. The van der Waals surface area contributed by atoms with Crippen LogP contribution in [0, 0.1) is 5.92 Å². The fourth-order valence-electron chi connectivity index (χ4n) is 1.32. The topological polar surface area (TPSA) is 57.6 Å². The number of carbonyl (C=O) groups excluding carboxylic acids is 2. The van der Waals surface area contributed by atoms with Crippen molar-refractivity contribution < 1.29 is 14.8 Å². The van der Waals surface area contributed by atoms with E-state index in [0.29, 0.717) is 6.42 Å². The Morgan fingerprint density at radius 2 is 2.17 bits per heavy atom. The van der Waals surface area contributed by atoms with Gasteiger partial charge in [0.1, 0.15) is 11.6 Å². The van der Waals surface area contributed by atoms with Gasteiger partial charge in [-0.2, -0.15) is 5.06 Å². The summed E-state index contributed by atoms with van der Waals surface area (Å²) < 4.78 is 0. The molecule has 4 nitrogen and oxygen atoms in total. The molecule has 0 spiro atoms. The third-order valence-corrected chi connectivity index (χ3v) is 2.07. The first kappa shape index (κ1) is 9.35. The van der Waals surface area contributed by atoms with Gasteiger partial charge in [0.15, 0.2) is 0 Å².